The van der Waals surface area contributed by atoms with Gasteiger partial charge < -0.3 is 4.74 Å². The Kier molecular flexibility index (Phi) is 6.68. The third-order valence-corrected chi connectivity index (χ3v) is 8.00. The predicted octanol–water partition coefficient (Wildman–Crippen LogP) is 4.76. The molecule has 6 rings (SSSR count). The molecule has 9 heteroatoms. The maximum atomic E-state index is 13.3. The van der Waals surface area contributed by atoms with Gasteiger partial charge in [-0.15, -0.1) is 11.3 Å². The SMILES string of the molecule is COc1ccc(CN2C(=O)c3ccccc3C2=O)cc1C(=O)Nc1nc2c(s1)CN(Cc1ccccc1)CC2. The van der Waals surface area contributed by atoms with Gasteiger partial charge >= 0.3 is 0 Å². The molecule has 0 spiro atoms. The highest BCUT2D eigenvalue weighted by Crippen LogP contribution is 2.31. The Labute approximate surface area is 229 Å². The monoisotopic (exact) mass is 538 g/mol. The smallest absolute Gasteiger partial charge is 0.261 e. The van der Waals surface area contributed by atoms with Crippen LogP contribution in [-0.4, -0.2) is 46.2 Å². The number of hydrogen-bond acceptors (Lipinski definition) is 7. The number of carbonyl (C=O) groups excluding carboxylic acids is 3. The summed E-state index contributed by atoms with van der Waals surface area (Å²) in [7, 11) is 1.50. The molecule has 0 unspecified atom stereocenters. The average Bonchev–Trinajstić information content (AvgIpc) is 3.47. The Balaban J connectivity index is 1.16. The molecule has 39 heavy (non-hydrogen) atoms. The number of nitrogens with one attached hydrogen (secondary N) is 1. The molecular formula is C30H26N4O4S. The second-order valence-corrected chi connectivity index (χ2v) is 10.6. The van der Waals surface area contributed by atoms with Crippen molar-refractivity contribution in [3.63, 3.8) is 0 Å². The van der Waals surface area contributed by atoms with Crippen LogP contribution in [0.4, 0.5) is 5.13 Å². The van der Waals surface area contributed by atoms with E-state index in [0.29, 0.717) is 33.1 Å². The predicted molar refractivity (Wildman–Crippen MR) is 148 cm³/mol. The number of ether oxygens (including phenoxy) is 1. The Morgan fingerprint density at radius 1 is 0.949 bits per heavy atom. The van der Waals surface area contributed by atoms with Gasteiger partial charge in [-0.05, 0) is 35.4 Å². The van der Waals surface area contributed by atoms with E-state index in [-0.39, 0.29) is 24.3 Å². The minimum Gasteiger partial charge on any atom is -0.496 e. The van der Waals surface area contributed by atoms with E-state index in [2.05, 4.69) is 27.3 Å². The van der Waals surface area contributed by atoms with Gasteiger partial charge in [-0.3, -0.25) is 29.5 Å². The first kappa shape index (κ1) is 25.0. The van der Waals surface area contributed by atoms with Gasteiger partial charge in [0.05, 0.1) is 36.0 Å². The van der Waals surface area contributed by atoms with Crippen LogP contribution in [0, 0.1) is 0 Å². The van der Waals surface area contributed by atoms with E-state index in [9.17, 15) is 14.4 Å². The molecule has 0 saturated carbocycles. The lowest BCUT2D eigenvalue weighted by Gasteiger charge is -2.25. The fourth-order valence-electron chi connectivity index (χ4n) is 5.04. The van der Waals surface area contributed by atoms with E-state index in [4.69, 9.17) is 4.74 Å². The number of hydrogen-bond donors (Lipinski definition) is 1. The second-order valence-electron chi connectivity index (χ2n) is 9.57. The maximum absolute atomic E-state index is 13.3. The molecular weight excluding hydrogens is 512 g/mol. The Hall–Kier alpha value is -4.34. The lowest BCUT2D eigenvalue weighted by atomic mass is 10.1. The molecule has 3 aromatic carbocycles. The summed E-state index contributed by atoms with van der Waals surface area (Å²) in [6, 6.07) is 22.2. The van der Waals surface area contributed by atoms with E-state index in [1.807, 2.05) is 18.2 Å². The summed E-state index contributed by atoms with van der Waals surface area (Å²) in [5, 5.41) is 3.47. The molecule has 0 bridgehead atoms. The third-order valence-electron chi connectivity index (χ3n) is 7.01. The van der Waals surface area contributed by atoms with E-state index in [1.165, 1.54) is 28.9 Å². The van der Waals surface area contributed by atoms with Crippen LogP contribution in [0.25, 0.3) is 0 Å². The van der Waals surface area contributed by atoms with Gasteiger partial charge in [-0.25, -0.2) is 4.98 Å². The van der Waals surface area contributed by atoms with Crippen molar-refractivity contribution in [1.82, 2.24) is 14.8 Å². The van der Waals surface area contributed by atoms with E-state index in [0.717, 1.165) is 36.6 Å². The van der Waals surface area contributed by atoms with Crippen molar-refractivity contribution in [3.8, 4) is 5.75 Å². The lowest BCUT2D eigenvalue weighted by molar-refractivity contribution is 0.0642. The van der Waals surface area contributed by atoms with Gasteiger partial charge in [0, 0.05) is 30.9 Å². The highest BCUT2D eigenvalue weighted by Gasteiger charge is 2.35. The van der Waals surface area contributed by atoms with Crippen LogP contribution in [0.2, 0.25) is 0 Å². The minimum atomic E-state index is -0.358. The van der Waals surface area contributed by atoms with Crippen molar-refractivity contribution in [2.75, 3.05) is 19.0 Å². The van der Waals surface area contributed by atoms with Crippen molar-refractivity contribution >= 4 is 34.2 Å². The number of rotatable bonds is 7. The van der Waals surface area contributed by atoms with Gasteiger partial charge in [-0.2, -0.15) is 0 Å². The average molecular weight is 539 g/mol. The molecule has 4 aromatic rings. The number of benzene rings is 3. The number of imide groups is 1. The van der Waals surface area contributed by atoms with Crippen LogP contribution >= 0.6 is 11.3 Å². The summed E-state index contributed by atoms with van der Waals surface area (Å²) < 4.78 is 5.44. The largest absolute Gasteiger partial charge is 0.496 e. The topological polar surface area (TPSA) is 91.8 Å². The number of amides is 3. The molecule has 196 valence electrons. The van der Waals surface area contributed by atoms with Crippen molar-refractivity contribution in [2.24, 2.45) is 0 Å². The van der Waals surface area contributed by atoms with Gasteiger partial charge in [0.1, 0.15) is 5.75 Å². The zero-order valence-corrected chi connectivity index (χ0v) is 22.2. The zero-order chi connectivity index (χ0) is 26.9. The Bertz CT molecular complexity index is 1550. The molecule has 1 N–H and O–H groups in total. The number of carbonyl (C=O) groups is 3. The summed E-state index contributed by atoms with van der Waals surface area (Å²) in [5.41, 5.74) is 4.03. The third kappa shape index (κ3) is 4.94. The van der Waals surface area contributed by atoms with Gasteiger partial charge in [0.15, 0.2) is 5.13 Å². The lowest BCUT2D eigenvalue weighted by Crippen LogP contribution is -2.29. The summed E-state index contributed by atoms with van der Waals surface area (Å²) in [6.45, 7) is 2.62. The first-order valence-electron chi connectivity index (χ1n) is 12.7. The molecule has 2 aliphatic heterocycles. The standard InChI is InChI=1S/C30H26N4O4S/c1-38-25-12-11-20(17-34-28(36)21-9-5-6-10-22(21)29(34)37)15-23(25)27(35)32-30-31-24-13-14-33(18-26(24)39-30)16-19-7-3-2-4-8-19/h2-12,15H,13-14,16-18H2,1H3,(H,31,32,35). The quantitative estimate of drug-likeness (QED) is 0.341. The van der Waals surface area contributed by atoms with Crippen LogP contribution in [0.3, 0.4) is 0 Å². The highest BCUT2D eigenvalue weighted by molar-refractivity contribution is 7.15. The fraction of sp³-hybridized carbons (Fsp3) is 0.200. The van der Waals surface area contributed by atoms with Crippen molar-refractivity contribution in [1.29, 1.82) is 0 Å². The Morgan fingerprint density at radius 3 is 2.38 bits per heavy atom. The molecule has 3 heterocycles. The number of fused-ring (bicyclic) bond motifs is 2. The first-order valence-corrected chi connectivity index (χ1v) is 13.5. The molecule has 0 saturated heterocycles. The summed E-state index contributed by atoms with van der Waals surface area (Å²) in [6.07, 6.45) is 0.827. The number of anilines is 1. The zero-order valence-electron chi connectivity index (χ0n) is 21.3. The number of aromatic nitrogens is 1. The molecule has 0 fully saturated rings. The molecule has 3 amide bonds. The first-order chi connectivity index (χ1) is 19.0. The number of methoxy groups -OCH3 is 1. The molecule has 2 aliphatic rings. The summed E-state index contributed by atoms with van der Waals surface area (Å²) in [5.74, 6) is -0.642. The number of nitrogens with zero attached hydrogens (tertiary/aromatic N) is 3. The fourth-order valence-corrected chi connectivity index (χ4v) is 6.08. The van der Waals surface area contributed by atoms with Crippen molar-refractivity contribution < 1.29 is 19.1 Å². The molecule has 0 atom stereocenters. The van der Waals surface area contributed by atoms with Crippen LogP contribution in [0.15, 0.2) is 72.8 Å². The Morgan fingerprint density at radius 2 is 1.67 bits per heavy atom. The van der Waals surface area contributed by atoms with Crippen molar-refractivity contribution in [3.05, 3.63) is 111 Å². The summed E-state index contributed by atoms with van der Waals surface area (Å²) >= 11 is 1.49. The van der Waals surface area contributed by atoms with Gasteiger partial charge in [0.25, 0.3) is 17.7 Å². The maximum Gasteiger partial charge on any atom is 0.261 e. The van der Waals surface area contributed by atoms with E-state index < -0.39 is 0 Å². The summed E-state index contributed by atoms with van der Waals surface area (Å²) in [4.78, 5) is 48.4. The minimum absolute atomic E-state index is 0.0550. The van der Waals surface area contributed by atoms with Gasteiger partial charge in [0.2, 0.25) is 0 Å². The highest BCUT2D eigenvalue weighted by atomic mass is 32.1. The number of thiazole rings is 1. The molecule has 0 aliphatic carbocycles. The van der Waals surface area contributed by atoms with Crippen LogP contribution in [0.5, 0.6) is 5.75 Å². The van der Waals surface area contributed by atoms with Crippen LogP contribution in [0.1, 0.15) is 52.8 Å². The van der Waals surface area contributed by atoms with E-state index in [1.54, 1.807) is 42.5 Å². The van der Waals surface area contributed by atoms with Crippen LogP contribution < -0.4 is 10.1 Å². The van der Waals surface area contributed by atoms with E-state index >= 15 is 0 Å². The molecule has 8 nitrogen and oxygen atoms in total. The van der Waals surface area contributed by atoms with Crippen LogP contribution in [-0.2, 0) is 26.1 Å². The molecule has 0 radical (unpaired) electrons. The normalized spacial score (nSPS) is 14.7. The van der Waals surface area contributed by atoms with Crippen molar-refractivity contribution in [2.45, 2.75) is 26.1 Å². The van der Waals surface area contributed by atoms with Gasteiger partial charge in [-0.1, -0.05) is 48.5 Å². The molecule has 1 aromatic heterocycles. The second kappa shape index (κ2) is 10.4.